The highest BCUT2D eigenvalue weighted by atomic mass is 35.5. The second-order valence-electron chi connectivity index (χ2n) is 7.92. The number of hydrogen-bond donors (Lipinski definition) is 1. The molecule has 0 aliphatic heterocycles. The van der Waals surface area contributed by atoms with Crippen molar-refractivity contribution in [3.63, 3.8) is 0 Å². The SMILES string of the molecule is COc1cc(/C=C/C(=O)Oc2ccc(C(=O)Nc3ccc(Cl)cc3)cc2)ccc1OCc1ccccc1. The van der Waals surface area contributed by atoms with Gasteiger partial charge in [-0.15, -0.1) is 0 Å². The summed E-state index contributed by atoms with van der Waals surface area (Å²) < 4.78 is 16.6. The summed E-state index contributed by atoms with van der Waals surface area (Å²) in [5.41, 5.74) is 2.84. The average Bonchev–Trinajstić information content (AvgIpc) is 2.93. The van der Waals surface area contributed by atoms with E-state index in [1.165, 1.54) is 6.08 Å². The number of anilines is 1. The number of amides is 1. The van der Waals surface area contributed by atoms with E-state index in [9.17, 15) is 9.59 Å². The summed E-state index contributed by atoms with van der Waals surface area (Å²) >= 11 is 5.86. The van der Waals surface area contributed by atoms with Crippen LogP contribution in [0.1, 0.15) is 21.5 Å². The summed E-state index contributed by atoms with van der Waals surface area (Å²) in [4.78, 5) is 24.7. The van der Waals surface area contributed by atoms with Crippen LogP contribution >= 0.6 is 11.6 Å². The van der Waals surface area contributed by atoms with E-state index in [1.54, 1.807) is 73.8 Å². The van der Waals surface area contributed by atoms with E-state index in [-0.39, 0.29) is 5.91 Å². The van der Waals surface area contributed by atoms with Crippen LogP contribution in [-0.4, -0.2) is 19.0 Å². The van der Waals surface area contributed by atoms with Crippen molar-refractivity contribution in [2.24, 2.45) is 0 Å². The van der Waals surface area contributed by atoms with Crippen molar-refractivity contribution < 1.29 is 23.8 Å². The number of ether oxygens (including phenoxy) is 3. The lowest BCUT2D eigenvalue weighted by molar-refractivity contribution is -0.128. The first-order valence-electron chi connectivity index (χ1n) is 11.4. The van der Waals surface area contributed by atoms with Gasteiger partial charge < -0.3 is 19.5 Å². The Morgan fingerprint density at radius 3 is 2.30 bits per heavy atom. The van der Waals surface area contributed by atoms with Crippen LogP contribution in [0.15, 0.2) is 103 Å². The minimum atomic E-state index is -0.554. The standard InChI is InChI=1S/C30H24ClNO5/c1-35-28-19-21(7-17-27(28)36-20-22-5-3-2-4-6-22)8-18-29(33)37-26-15-9-23(10-16-26)30(34)32-25-13-11-24(31)12-14-25/h2-19H,20H2,1H3,(H,32,34)/b18-8+. The molecule has 4 rings (SSSR count). The summed E-state index contributed by atoms with van der Waals surface area (Å²) in [7, 11) is 1.56. The smallest absolute Gasteiger partial charge is 0.336 e. The molecule has 186 valence electrons. The van der Waals surface area contributed by atoms with Crippen molar-refractivity contribution in [3.05, 3.63) is 125 Å². The Labute approximate surface area is 220 Å². The van der Waals surface area contributed by atoms with Crippen LogP contribution in [0, 0.1) is 0 Å². The summed E-state index contributed by atoms with van der Waals surface area (Å²) in [6.45, 7) is 0.417. The molecule has 0 aliphatic carbocycles. The van der Waals surface area contributed by atoms with Crippen LogP contribution in [0.5, 0.6) is 17.2 Å². The fourth-order valence-corrected chi connectivity index (χ4v) is 3.49. The van der Waals surface area contributed by atoms with E-state index in [2.05, 4.69) is 5.32 Å². The first kappa shape index (κ1) is 25.5. The van der Waals surface area contributed by atoms with Crippen LogP contribution in [0.25, 0.3) is 6.08 Å². The van der Waals surface area contributed by atoms with E-state index >= 15 is 0 Å². The fraction of sp³-hybridized carbons (Fsp3) is 0.0667. The lowest BCUT2D eigenvalue weighted by atomic mass is 10.2. The van der Waals surface area contributed by atoms with Crippen molar-refractivity contribution in [2.45, 2.75) is 6.61 Å². The Bertz CT molecular complexity index is 1380. The third-order valence-corrected chi connectivity index (χ3v) is 5.53. The van der Waals surface area contributed by atoms with Gasteiger partial charge in [0.1, 0.15) is 12.4 Å². The predicted molar refractivity (Wildman–Crippen MR) is 144 cm³/mol. The molecule has 0 aliphatic rings. The number of hydrogen-bond acceptors (Lipinski definition) is 5. The highest BCUT2D eigenvalue weighted by Gasteiger charge is 2.09. The van der Waals surface area contributed by atoms with Crippen molar-refractivity contribution in [1.82, 2.24) is 0 Å². The van der Waals surface area contributed by atoms with Crippen LogP contribution in [0.3, 0.4) is 0 Å². The summed E-state index contributed by atoms with van der Waals surface area (Å²) in [6.07, 6.45) is 2.94. The molecule has 6 nitrogen and oxygen atoms in total. The van der Waals surface area contributed by atoms with Gasteiger partial charge in [0.2, 0.25) is 0 Å². The summed E-state index contributed by atoms with van der Waals surface area (Å²) in [5.74, 6) is 0.636. The van der Waals surface area contributed by atoms with Gasteiger partial charge in [-0.25, -0.2) is 4.79 Å². The van der Waals surface area contributed by atoms with Gasteiger partial charge in [-0.2, -0.15) is 0 Å². The largest absolute Gasteiger partial charge is 0.493 e. The maximum absolute atomic E-state index is 12.4. The third-order valence-electron chi connectivity index (χ3n) is 5.27. The normalized spacial score (nSPS) is 10.6. The van der Waals surface area contributed by atoms with Crippen molar-refractivity contribution >= 4 is 35.2 Å². The van der Waals surface area contributed by atoms with Crippen LogP contribution < -0.4 is 19.5 Å². The number of halogens is 1. The molecule has 1 N–H and O–H groups in total. The average molecular weight is 514 g/mol. The van der Waals surface area contributed by atoms with E-state index in [0.717, 1.165) is 11.1 Å². The summed E-state index contributed by atoms with van der Waals surface area (Å²) in [6, 6.07) is 28.3. The van der Waals surface area contributed by atoms with Crippen LogP contribution in [-0.2, 0) is 11.4 Å². The Hall–Kier alpha value is -4.55. The lowest BCUT2D eigenvalue weighted by Gasteiger charge is -2.11. The zero-order valence-corrected chi connectivity index (χ0v) is 20.8. The van der Waals surface area contributed by atoms with Crippen LogP contribution in [0.4, 0.5) is 5.69 Å². The molecule has 7 heteroatoms. The van der Waals surface area contributed by atoms with Crippen LogP contribution in [0.2, 0.25) is 5.02 Å². The van der Waals surface area contributed by atoms with Gasteiger partial charge in [-0.1, -0.05) is 48.0 Å². The Kier molecular flexibility index (Phi) is 8.57. The minimum absolute atomic E-state index is 0.287. The number of carbonyl (C=O) groups is 2. The van der Waals surface area contributed by atoms with Gasteiger partial charge in [-0.05, 0) is 77.9 Å². The second kappa shape index (κ2) is 12.4. The number of rotatable bonds is 9. The van der Waals surface area contributed by atoms with Crippen molar-refractivity contribution in [1.29, 1.82) is 0 Å². The lowest BCUT2D eigenvalue weighted by Crippen LogP contribution is -2.11. The number of benzene rings is 4. The molecule has 0 spiro atoms. The predicted octanol–water partition coefficient (Wildman–Crippen LogP) is 6.80. The molecule has 0 bridgehead atoms. The molecule has 0 saturated heterocycles. The minimum Gasteiger partial charge on any atom is -0.493 e. The maximum Gasteiger partial charge on any atom is 0.336 e. The molecular formula is C30H24ClNO5. The fourth-order valence-electron chi connectivity index (χ4n) is 3.37. The second-order valence-corrected chi connectivity index (χ2v) is 8.36. The zero-order valence-electron chi connectivity index (χ0n) is 20.0. The number of carbonyl (C=O) groups excluding carboxylic acids is 2. The number of nitrogens with one attached hydrogen (secondary N) is 1. The quantitative estimate of drug-likeness (QED) is 0.151. The summed E-state index contributed by atoms with van der Waals surface area (Å²) in [5, 5.41) is 3.36. The highest BCUT2D eigenvalue weighted by Crippen LogP contribution is 2.29. The van der Waals surface area contributed by atoms with E-state index < -0.39 is 5.97 Å². The zero-order chi connectivity index (χ0) is 26.0. The van der Waals surface area contributed by atoms with Gasteiger partial charge in [0.25, 0.3) is 5.91 Å². The first-order chi connectivity index (χ1) is 18.0. The Morgan fingerprint density at radius 1 is 0.865 bits per heavy atom. The van der Waals surface area contributed by atoms with Crippen molar-refractivity contribution in [3.8, 4) is 17.2 Å². The molecule has 0 atom stereocenters. The number of methoxy groups -OCH3 is 1. The van der Waals surface area contributed by atoms with E-state index in [0.29, 0.717) is 40.1 Å². The van der Waals surface area contributed by atoms with E-state index in [4.69, 9.17) is 25.8 Å². The molecule has 0 fully saturated rings. The topological polar surface area (TPSA) is 73.9 Å². The molecule has 4 aromatic carbocycles. The third kappa shape index (κ3) is 7.46. The Balaban J connectivity index is 1.32. The number of esters is 1. The van der Waals surface area contributed by atoms with E-state index in [1.807, 2.05) is 36.4 Å². The monoisotopic (exact) mass is 513 g/mol. The molecule has 1 amide bonds. The molecule has 37 heavy (non-hydrogen) atoms. The maximum atomic E-state index is 12.4. The van der Waals surface area contributed by atoms with Gasteiger partial charge in [0.05, 0.1) is 7.11 Å². The first-order valence-corrected chi connectivity index (χ1v) is 11.8. The highest BCUT2D eigenvalue weighted by molar-refractivity contribution is 6.30. The van der Waals surface area contributed by atoms with Gasteiger partial charge in [-0.3, -0.25) is 4.79 Å². The molecule has 0 heterocycles. The molecule has 0 aromatic heterocycles. The molecule has 4 aromatic rings. The van der Waals surface area contributed by atoms with Crippen molar-refractivity contribution in [2.75, 3.05) is 12.4 Å². The molecule has 0 radical (unpaired) electrons. The molecule has 0 unspecified atom stereocenters. The van der Waals surface area contributed by atoms with Gasteiger partial charge in [0.15, 0.2) is 11.5 Å². The van der Waals surface area contributed by atoms with Gasteiger partial charge >= 0.3 is 5.97 Å². The molecular weight excluding hydrogens is 490 g/mol. The molecule has 0 saturated carbocycles. The Morgan fingerprint density at radius 2 is 1.59 bits per heavy atom. The van der Waals surface area contributed by atoms with Gasteiger partial charge in [0, 0.05) is 22.3 Å².